The summed E-state index contributed by atoms with van der Waals surface area (Å²) in [5, 5.41) is 0. The van der Waals surface area contributed by atoms with Crippen LogP contribution in [-0.4, -0.2) is 24.6 Å². The zero-order valence-corrected chi connectivity index (χ0v) is 7.20. The van der Waals surface area contributed by atoms with Gasteiger partial charge in [-0.2, -0.15) is 0 Å². The van der Waals surface area contributed by atoms with Crippen molar-refractivity contribution in [3.63, 3.8) is 0 Å². The van der Waals surface area contributed by atoms with Gasteiger partial charge in [0.25, 0.3) is 0 Å². The van der Waals surface area contributed by atoms with E-state index in [-0.39, 0.29) is 37.0 Å². The van der Waals surface area contributed by atoms with Gasteiger partial charge < -0.3 is 9.47 Å². The zero-order valence-electron chi connectivity index (χ0n) is 7.20. The Kier molecular flexibility index (Phi) is 2.68. The van der Waals surface area contributed by atoms with Crippen molar-refractivity contribution in [2.75, 3.05) is 6.61 Å². The molecule has 2 unspecified atom stereocenters. The number of rotatable bonds is 0. The minimum absolute atomic E-state index is 0.129. The number of esters is 2. The lowest BCUT2D eigenvalue weighted by Crippen LogP contribution is -2.30. The summed E-state index contributed by atoms with van der Waals surface area (Å²) < 4.78 is 9.73. The monoisotopic (exact) mass is 172 g/mol. The summed E-state index contributed by atoms with van der Waals surface area (Å²) in [6, 6.07) is 0. The highest BCUT2D eigenvalue weighted by atomic mass is 16.6. The van der Waals surface area contributed by atoms with E-state index in [1.165, 1.54) is 0 Å². The molecule has 1 aliphatic heterocycles. The summed E-state index contributed by atoms with van der Waals surface area (Å²) in [7, 11) is 0. The summed E-state index contributed by atoms with van der Waals surface area (Å²) in [6.45, 7) is 3.48. The number of carbonyl (C=O) groups excluding carboxylic acids is 2. The third kappa shape index (κ3) is 2.22. The van der Waals surface area contributed by atoms with E-state index in [1.54, 1.807) is 13.8 Å². The molecule has 0 spiro atoms. The fourth-order valence-electron chi connectivity index (χ4n) is 0.936. The van der Waals surface area contributed by atoms with E-state index in [1.807, 2.05) is 0 Å². The second-order valence-corrected chi connectivity index (χ2v) is 3.04. The van der Waals surface area contributed by atoms with Gasteiger partial charge in [-0.25, -0.2) is 0 Å². The predicted molar refractivity (Wildman–Crippen MR) is 40.3 cm³/mol. The lowest BCUT2D eigenvalue weighted by Gasteiger charge is -2.19. The molecular formula is C8H12O4. The maximum atomic E-state index is 11.1. The molecule has 0 aromatic carbocycles. The molecule has 0 N–H and O–H groups in total. The summed E-state index contributed by atoms with van der Waals surface area (Å²) in [6.07, 6.45) is -0.217. The summed E-state index contributed by atoms with van der Waals surface area (Å²) in [4.78, 5) is 22.0. The molecule has 0 saturated carbocycles. The molecule has 1 fully saturated rings. The number of ether oxygens (including phenoxy) is 2. The number of cyclic esters (lactones) is 2. The third-order valence-corrected chi connectivity index (χ3v) is 1.67. The van der Waals surface area contributed by atoms with Crippen molar-refractivity contribution in [2.24, 2.45) is 5.92 Å². The number of carbonyl (C=O) groups is 2. The topological polar surface area (TPSA) is 52.6 Å². The van der Waals surface area contributed by atoms with Gasteiger partial charge in [-0.3, -0.25) is 9.59 Å². The maximum Gasteiger partial charge on any atom is 0.312 e. The first-order valence-electron chi connectivity index (χ1n) is 3.95. The molecule has 0 aromatic rings. The van der Waals surface area contributed by atoms with E-state index in [2.05, 4.69) is 0 Å². The quantitative estimate of drug-likeness (QED) is 0.499. The lowest BCUT2D eigenvalue weighted by atomic mass is 10.2. The first-order valence-corrected chi connectivity index (χ1v) is 3.95. The van der Waals surface area contributed by atoms with Crippen molar-refractivity contribution < 1.29 is 19.1 Å². The van der Waals surface area contributed by atoms with E-state index in [4.69, 9.17) is 9.47 Å². The Morgan fingerprint density at radius 3 is 2.67 bits per heavy atom. The van der Waals surface area contributed by atoms with Crippen LogP contribution in [0.15, 0.2) is 0 Å². The Morgan fingerprint density at radius 2 is 2.00 bits per heavy atom. The largest absolute Gasteiger partial charge is 0.465 e. The van der Waals surface area contributed by atoms with Gasteiger partial charge in [0.1, 0.15) is 12.7 Å². The average Bonchev–Trinajstić information content (AvgIpc) is 1.98. The first kappa shape index (κ1) is 9.03. The molecule has 12 heavy (non-hydrogen) atoms. The molecule has 0 amide bonds. The molecule has 0 bridgehead atoms. The van der Waals surface area contributed by atoms with E-state index >= 15 is 0 Å². The Balaban J connectivity index is 2.58. The first-order chi connectivity index (χ1) is 5.59. The molecule has 0 aliphatic carbocycles. The van der Waals surface area contributed by atoms with Gasteiger partial charge in [0, 0.05) is 0 Å². The number of hydrogen-bond acceptors (Lipinski definition) is 4. The molecule has 4 nitrogen and oxygen atoms in total. The van der Waals surface area contributed by atoms with Gasteiger partial charge in [-0.15, -0.1) is 0 Å². The van der Waals surface area contributed by atoms with E-state index in [9.17, 15) is 9.59 Å². The molecule has 1 aliphatic rings. The normalized spacial score (nSPS) is 31.5. The van der Waals surface area contributed by atoms with Gasteiger partial charge in [0.05, 0.1) is 12.3 Å². The molecular weight excluding hydrogens is 160 g/mol. The van der Waals surface area contributed by atoms with E-state index in [0.717, 1.165) is 0 Å². The van der Waals surface area contributed by atoms with Crippen molar-refractivity contribution in [1.29, 1.82) is 0 Å². The second-order valence-electron chi connectivity index (χ2n) is 3.04. The van der Waals surface area contributed by atoms with E-state index in [0.29, 0.717) is 0 Å². The fraction of sp³-hybridized carbons (Fsp3) is 0.750. The molecule has 1 heterocycles. The highest BCUT2D eigenvalue weighted by Gasteiger charge is 2.24. The molecule has 1 rings (SSSR count). The van der Waals surface area contributed by atoms with Crippen LogP contribution >= 0.6 is 0 Å². The smallest absolute Gasteiger partial charge is 0.312 e. The van der Waals surface area contributed by atoms with Crippen LogP contribution in [0.1, 0.15) is 20.3 Å². The Bertz CT molecular complexity index is 199. The minimum atomic E-state index is -0.368. The highest BCUT2D eigenvalue weighted by molar-refractivity contribution is 5.76. The maximum absolute atomic E-state index is 11.1. The Labute approximate surface area is 70.8 Å². The molecule has 0 radical (unpaired) electrons. The van der Waals surface area contributed by atoms with Crippen molar-refractivity contribution in [1.82, 2.24) is 0 Å². The fourth-order valence-corrected chi connectivity index (χ4v) is 0.936. The van der Waals surface area contributed by atoms with Crippen molar-refractivity contribution in [3.8, 4) is 0 Å². The highest BCUT2D eigenvalue weighted by Crippen LogP contribution is 2.10. The van der Waals surface area contributed by atoms with Crippen LogP contribution in [0.25, 0.3) is 0 Å². The number of hydrogen-bond donors (Lipinski definition) is 0. The molecule has 4 heteroatoms. The molecule has 2 atom stereocenters. The minimum Gasteiger partial charge on any atom is -0.465 e. The van der Waals surface area contributed by atoms with Crippen LogP contribution in [0.5, 0.6) is 0 Å². The summed E-state index contributed by atoms with van der Waals surface area (Å²) in [5.41, 5.74) is 0. The van der Waals surface area contributed by atoms with Gasteiger partial charge in [-0.1, -0.05) is 0 Å². The average molecular weight is 172 g/mol. The van der Waals surface area contributed by atoms with Gasteiger partial charge in [0.2, 0.25) is 0 Å². The van der Waals surface area contributed by atoms with E-state index < -0.39 is 0 Å². The Morgan fingerprint density at radius 1 is 1.33 bits per heavy atom. The molecule has 0 aromatic heterocycles. The molecule has 1 saturated heterocycles. The lowest BCUT2D eigenvalue weighted by molar-refractivity contribution is -0.166. The van der Waals surface area contributed by atoms with Crippen molar-refractivity contribution >= 4 is 11.9 Å². The van der Waals surface area contributed by atoms with Crippen LogP contribution in [0, 0.1) is 5.92 Å². The van der Waals surface area contributed by atoms with Crippen LogP contribution in [0.4, 0.5) is 0 Å². The zero-order chi connectivity index (χ0) is 9.14. The summed E-state index contributed by atoms with van der Waals surface area (Å²) in [5.74, 6) is -0.950. The van der Waals surface area contributed by atoms with Crippen molar-refractivity contribution in [2.45, 2.75) is 26.4 Å². The molecule has 68 valence electrons. The van der Waals surface area contributed by atoms with Gasteiger partial charge >= 0.3 is 11.9 Å². The van der Waals surface area contributed by atoms with Crippen molar-refractivity contribution in [3.05, 3.63) is 0 Å². The standard InChI is InChI=1S/C8H12O4/c1-5-4-11-7(9)3-6(2)12-8(5)10/h5-6H,3-4H2,1-2H3. The van der Waals surface area contributed by atoms with Crippen LogP contribution < -0.4 is 0 Å². The van der Waals surface area contributed by atoms with Gasteiger partial charge in [-0.05, 0) is 13.8 Å². The third-order valence-electron chi connectivity index (χ3n) is 1.67. The van der Waals surface area contributed by atoms with Gasteiger partial charge in [0.15, 0.2) is 0 Å². The van der Waals surface area contributed by atoms with Crippen LogP contribution in [-0.2, 0) is 19.1 Å². The Hall–Kier alpha value is -1.06. The SMILES string of the molecule is CC1CC(=O)OCC(C)C(=O)O1. The van der Waals surface area contributed by atoms with Crippen LogP contribution in [0.2, 0.25) is 0 Å². The summed E-state index contributed by atoms with van der Waals surface area (Å²) >= 11 is 0. The van der Waals surface area contributed by atoms with Crippen LogP contribution in [0.3, 0.4) is 0 Å². The predicted octanol–water partition coefficient (Wildman–Crippen LogP) is 0.501. The second kappa shape index (κ2) is 3.56.